The van der Waals surface area contributed by atoms with E-state index in [0.29, 0.717) is 0 Å². The lowest BCUT2D eigenvalue weighted by atomic mass is 10.1. The fourth-order valence-electron chi connectivity index (χ4n) is 1.66. The molecule has 0 unspecified atom stereocenters. The molecule has 4 heteroatoms. The van der Waals surface area contributed by atoms with Crippen LogP contribution < -0.4 is 5.32 Å². The van der Waals surface area contributed by atoms with Crippen LogP contribution in [0.4, 0.5) is 0 Å². The number of nitrogens with one attached hydrogen (secondary N) is 1. The first-order valence-electron chi connectivity index (χ1n) is 5.25. The van der Waals surface area contributed by atoms with E-state index >= 15 is 0 Å². The molecule has 15 heavy (non-hydrogen) atoms. The highest BCUT2D eigenvalue weighted by molar-refractivity contribution is 7.12. The van der Waals surface area contributed by atoms with Crippen molar-refractivity contribution in [3.05, 3.63) is 22.4 Å². The number of hydrogen-bond donors (Lipinski definition) is 1. The molecule has 0 aliphatic carbocycles. The molecule has 0 radical (unpaired) electrons. The maximum absolute atomic E-state index is 11.6. The number of piperidine rings is 1. The van der Waals surface area contributed by atoms with E-state index in [1.165, 1.54) is 11.3 Å². The zero-order valence-electron chi connectivity index (χ0n) is 8.57. The molecule has 82 valence electrons. The van der Waals surface area contributed by atoms with E-state index in [2.05, 4.69) is 5.32 Å². The van der Waals surface area contributed by atoms with Crippen molar-refractivity contribution in [1.29, 1.82) is 0 Å². The summed E-state index contributed by atoms with van der Waals surface area (Å²) in [5.74, 6) is 0.0931. The maximum atomic E-state index is 11.6. The smallest absolute Gasteiger partial charge is 0.198 e. The standard InChI is InChI=1S/C11H15NO2S/c13-10(11-4-2-6-15-11)8-14-9-3-1-5-12-7-9/h2,4,6,9,12H,1,3,5,7-8H2/t9-/m0/s1. The summed E-state index contributed by atoms with van der Waals surface area (Å²) >= 11 is 1.47. The zero-order valence-corrected chi connectivity index (χ0v) is 9.39. The first-order valence-corrected chi connectivity index (χ1v) is 6.13. The Morgan fingerprint density at radius 3 is 3.27 bits per heavy atom. The van der Waals surface area contributed by atoms with E-state index in [9.17, 15) is 4.79 Å². The quantitative estimate of drug-likeness (QED) is 0.793. The topological polar surface area (TPSA) is 38.3 Å². The molecule has 2 rings (SSSR count). The molecule has 1 saturated heterocycles. The Kier molecular flexibility index (Phi) is 3.88. The van der Waals surface area contributed by atoms with Gasteiger partial charge in [-0.1, -0.05) is 6.07 Å². The molecule has 0 saturated carbocycles. The Labute approximate surface area is 93.4 Å². The van der Waals surface area contributed by atoms with E-state index in [1.807, 2.05) is 17.5 Å². The van der Waals surface area contributed by atoms with E-state index in [-0.39, 0.29) is 18.5 Å². The molecule has 0 aromatic carbocycles. The van der Waals surface area contributed by atoms with Crippen molar-refractivity contribution in [3.63, 3.8) is 0 Å². The van der Waals surface area contributed by atoms with Gasteiger partial charge in [0.2, 0.25) is 0 Å². The summed E-state index contributed by atoms with van der Waals surface area (Å²) in [5, 5.41) is 5.17. The summed E-state index contributed by atoms with van der Waals surface area (Å²) in [6.45, 7) is 2.16. The second-order valence-electron chi connectivity index (χ2n) is 3.68. The first kappa shape index (κ1) is 10.8. The minimum atomic E-state index is 0.0931. The first-order chi connectivity index (χ1) is 7.36. The van der Waals surface area contributed by atoms with Gasteiger partial charge in [0.1, 0.15) is 6.61 Å². The van der Waals surface area contributed by atoms with Crippen LogP contribution in [0, 0.1) is 0 Å². The molecule has 1 aliphatic heterocycles. The summed E-state index contributed by atoms with van der Waals surface area (Å²) in [6.07, 6.45) is 2.41. The molecule has 1 aromatic rings. The van der Waals surface area contributed by atoms with Crippen LogP contribution in [0.3, 0.4) is 0 Å². The molecule has 0 spiro atoms. The van der Waals surface area contributed by atoms with Crippen LogP contribution in [-0.2, 0) is 4.74 Å². The van der Waals surface area contributed by atoms with Crippen molar-refractivity contribution in [1.82, 2.24) is 5.32 Å². The molecule has 0 amide bonds. The number of carbonyl (C=O) groups excluding carboxylic acids is 1. The van der Waals surface area contributed by atoms with Gasteiger partial charge in [0.25, 0.3) is 0 Å². The van der Waals surface area contributed by atoms with Crippen LogP contribution in [0.15, 0.2) is 17.5 Å². The van der Waals surface area contributed by atoms with Gasteiger partial charge in [-0.05, 0) is 30.8 Å². The molecular formula is C11H15NO2S. The molecule has 1 N–H and O–H groups in total. The van der Waals surface area contributed by atoms with E-state index < -0.39 is 0 Å². The Morgan fingerprint density at radius 1 is 1.67 bits per heavy atom. The lowest BCUT2D eigenvalue weighted by Crippen LogP contribution is -2.36. The lowest BCUT2D eigenvalue weighted by Gasteiger charge is -2.22. The number of thiophene rings is 1. The molecule has 1 aromatic heterocycles. The van der Waals surface area contributed by atoms with Gasteiger partial charge in [-0.2, -0.15) is 0 Å². The molecule has 2 heterocycles. The number of ketones is 1. The van der Waals surface area contributed by atoms with Crippen LogP contribution in [0.5, 0.6) is 0 Å². The van der Waals surface area contributed by atoms with Crippen LogP contribution >= 0.6 is 11.3 Å². The van der Waals surface area contributed by atoms with Crippen molar-refractivity contribution in [2.75, 3.05) is 19.7 Å². The Morgan fingerprint density at radius 2 is 2.60 bits per heavy atom. The van der Waals surface area contributed by atoms with Crippen molar-refractivity contribution >= 4 is 17.1 Å². The minimum Gasteiger partial charge on any atom is -0.369 e. The third-order valence-corrected chi connectivity index (χ3v) is 3.41. The molecule has 1 aliphatic rings. The molecular weight excluding hydrogens is 210 g/mol. The predicted molar refractivity (Wildman–Crippen MR) is 60.5 cm³/mol. The summed E-state index contributed by atoms with van der Waals surface area (Å²) < 4.78 is 5.56. The van der Waals surface area contributed by atoms with Gasteiger partial charge < -0.3 is 10.1 Å². The highest BCUT2D eigenvalue weighted by Crippen LogP contribution is 2.11. The van der Waals surface area contributed by atoms with Gasteiger partial charge in [-0.15, -0.1) is 11.3 Å². The molecule has 3 nitrogen and oxygen atoms in total. The Bertz CT molecular complexity index is 304. The number of carbonyl (C=O) groups is 1. The number of rotatable bonds is 4. The summed E-state index contributed by atoms with van der Waals surface area (Å²) in [7, 11) is 0. The van der Waals surface area contributed by atoms with E-state index in [0.717, 1.165) is 30.8 Å². The SMILES string of the molecule is O=C(CO[C@H]1CCCNC1)c1cccs1. The second-order valence-corrected chi connectivity index (χ2v) is 4.63. The lowest BCUT2D eigenvalue weighted by molar-refractivity contribution is 0.0350. The largest absolute Gasteiger partial charge is 0.369 e. The van der Waals surface area contributed by atoms with Crippen molar-refractivity contribution < 1.29 is 9.53 Å². The Hall–Kier alpha value is -0.710. The average molecular weight is 225 g/mol. The van der Waals surface area contributed by atoms with Gasteiger partial charge in [0, 0.05) is 6.54 Å². The molecule has 1 atom stereocenters. The number of hydrogen-bond acceptors (Lipinski definition) is 4. The zero-order chi connectivity index (χ0) is 10.5. The van der Waals surface area contributed by atoms with Crippen LogP contribution in [-0.4, -0.2) is 31.6 Å². The summed E-state index contributed by atoms with van der Waals surface area (Å²) in [5.41, 5.74) is 0. The van der Waals surface area contributed by atoms with Crippen molar-refractivity contribution in [2.45, 2.75) is 18.9 Å². The van der Waals surface area contributed by atoms with Gasteiger partial charge in [-0.3, -0.25) is 4.79 Å². The predicted octanol–water partition coefficient (Wildman–Crippen LogP) is 1.70. The fraction of sp³-hybridized carbons (Fsp3) is 0.545. The second kappa shape index (κ2) is 5.39. The van der Waals surface area contributed by atoms with Crippen LogP contribution in [0.1, 0.15) is 22.5 Å². The third kappa shape index (κ3) is 3.12. The minimum absolute atomic E-state index is 0.0931. The van der Waals surface area contributed by atoms with Gasteiger partial charge >= 0.3 is 0 Å². The van der Waals surface area contributed by atoms with Crippen LogP contribution in [0.25, 0.3) is 0 Å². The van der Waals surface area contributed by atoms with Crippen molar-refractivity contribution in [2.24, 2.45) is 0 Å². The van der Waals surface area contributed by atoms with Gasteiger partial charge in [0.05, 0.1) is 11.0 Å². The normalized spacial score (nSPS) is 21.5. The number of Topliss-reactive ketones (excluding diaryl/α,β-unsaturated/α-hetero) is 1. The maximum Gasteiger partial charge on any atom is 0.198 e. The van der Waals surface area contributed by atoms with E-state index in [4.69, 9.17) is 4.74 Å². The van der Waals surface area contributed by atoms with Gasteiger partial charge in [0.15, 0.2) is 5.78 Å². The third-order valence-electron chi connectivity index (χ3n) is 2.50. The highest BCUT2D eigenvalue weighted by atomic mass is 32.1. The molecule has 1 fully saturated rings. The summed E-state index contributed by atoms with van der Waals surface area (Å²) in [4.78, 5) is 12.4. The fourth-order valence-corrected chi connectivity index (χ4v) is 2.32. The summed E-state index contributed by atoms with van der Waals surface area (Å²) in [6, 6.07) is 3.73. The Balaban J connectivity index is 1.75. The van der Waals surface area contributed by atoms with E-state index in [1.54, 1.807) is 0 Å². The van der Waals surface area contributed by atoms with Gasteiger partial charge in [-0.25, -0.2) is 0 Å². The van der Waals surface area contributed by atoms with Crippen molar-refractivity contribution in [3.8, 4) is 0 Å². The number of ether oxygens (including phenoxy) is 1. The molecule has 0 bridgehead atoms. The monoisotopic (exact) mass is 225 g/mol. The highest BCUT2D eigenvalue weighted by Gasteiger charge is 2.15. The average Bonchev–Trinajstić information content (AvgIpc) is 2.81. The van der Waals surface area contributed by atoms with Crippen LogP contribution in [0.2, 0.25) is 0 Å².